The number of rotatable bonds is 6. The van der Waals surface area contributed by atoms with Crippen molar-refractivity contribution in [3.05, 3.63) is 42.2 Å². The van der Waals surface area contributed by atoms with Crippen molar-refractivity contribution in [2.75, 3.05) is 13.7 Å². The van der Waals surface area contributed by atoms with E-state index in [1.54, 1.807) is 30.3 Å². The van der Waals surface area contributed by atoms with Gasteiger partial charge >= 0.3 is 0 Å². The molecule has 1 N–H and O–H groups in total. The van der Waals surface area contributed by atoms with Gasteiger partial charge in [-0.25, -0.2) is 4.68 Å². The number of para-hydroxylation sites is 1. The summed E-state index contributed by atoms with van der Waals surface area (Å²) < 4.78 is 6.59. The zero-order chi connectivity index (χ0) is 14.4. The fourth-order valence-electron chi connectivity index (χ4n) is 1.87. The van der Waals surface area contributed by atoms with Crippen molar-refractivity contribution in [3.8, 4) is 5.69 Å². The Hall–Kier alpha value is -2.21. The van der Waals surface area contributed by atoms with Crippen LogP contribution in [0.2, 0.25) is 0 Å². The maximum absolute atomic E-state index is 12.3. The molecule has 1 atom stereocenters. The molecule has 0 fully saturated rings. The summed E-state index contributed by atoms with van der Waals surface area (Å²) in [5, 5.41) is 10.6. The van der Waals surface area contributed by atoms with Gasteiger partial charge in [-0.15, -0.1) is 5.10 Å². The summed E-state index contributed by atoms with van der Waals surface area (Å²) >= 11 is 0. The Kier molecular flexibility index (Phi) is 4.84. The van der Waals surface area contributed by atoms with Crippen molar-refractivity contribution in [3.63, 3.8) is 0 Å². The Morgan fingerprint density at radius 2 is 2.25 bits per heavy atom. The molecule has 0 bridgehead atoms. The van der Waals surface area contributed by atoms with Gasteiger partial charge in [0.2, 0.25) is 0 Å². The molecule has 6 heteroatoms. The van der Waals surface area contributed by atoms with Crippen LogP contribution in [-0.4, -0.2) is 40.7 Å². The monoisotopic (exact) mass is 274 g/mol. The zero-order valence-electron chi connectivity index (χ0n) is 11.6. The third-order valence-corrected chi connectivity index (χ3v) is 2.95. The molecule has 2 aromatic rings. The second-order valence-electron chi connectivity index (χ2n) is 4.52. The van der Waals surface area contributed by atoms with Crippen molar-refractivity contribution >= 4 is 5.91 Å². The first kappa shape index (κ1) is 14.2. The van der Waals surface area contributed by atoms with E-state index in [-0.39, 0.29) is 11.9 Å². The Balaban J connectivity index is 2.14. The van der Waals surface area contributed by atoms with Gasteiger partial charge < -0.3 is 10.1 Å². The molecule has 6 nitrogen and oxygen atoms in total. The quantitative estimate of drug-likeness (QED) is 0.865. The minimum absolute atomic E-state index is 0.0475. The molecular formula is C14H18N4O2. The van der Waals surface area contributed by atoms with E-state index in [1.165, 1.54) is 0 Å². The molecule has 2 rings (SSSR count). The maximum Gasteiger partial charge on any atom is 0.253 e. The van der Waals surface area contributed by atoms with E-state index in [9.17, 15) is 4.79 Å². The lowest BCUT2D eigenvalue weighted by molar-refractivity contribution is 0.0929. The molecule has 0 aliphatic carbocycles. The number of carbonyl (C=O) groups excluding carboxylic acids is 1. The summed E-state index contributed by atoms with van der Waals surface area (Å²) in [4.78, 5) is 12.3. The van der Waals surface area contributed by atoms with Crippen LogP contribution in [-0.2, 0) is 4.74 Å². The number of methoxy groups -OCH3 is 1. The van der Waals surface area contributed by atoms with Crippen molar-refractivity contribution < 1.29 is 9.53 Å². The van der Waals surface area contributed by atoms with E-state index in [2.05, 4.69) is 15.6 Å². The average molecular weight is 274 g/mol. The second kappa shape index (κ2) is 6.81. The molecule has 1 aromatic carbocycles. The summed E-state index contributed by atoms with van der Waals surface area (Å²) in [6.45, 7) is 2.57. The number of nitrogens with one attached hydrogen (secondary N) is 1. The highest BCUT2D eigenvalue weighted by molar-refractivity contribution is 5.97. The van der Waals surface area contributed by atoms with Crippen LogP contribution >= 0.6 is 0 Å². The number of amides is 1. The zero-order valence-corrected chi connectivity index (χ0v) is 11.6. The summed E-state index contributed by atoms with van der Waals surface area (Å²) in [7, 11) is 1.65. The number of carbonyl (C=O) groups is 1. The van der Waals surface area contributed by atoms with Crippen LogP contribution in [0.15, 0.2) is 36.7 Å². The molecule has 0 saturated heterocycles. The van der Waals surface area contributed by atoms with Crippen LogP contribution in [0, 0.1) is 0 Å². The van der Waals surface area contributed by atoms with Crippen LogP contribution < -0.4 is 5.32 Å². The first-order valence-corrected chi connectivity index (χ1v) is 6.48. The van der Waals surface area contributed by atoms with Crippen LogP contribution in [0.3, 0.4) is 0 Å². The highest BCUT2D eigenvalue weighted by Crippen LogP contribution is 2.13. The minimum atomic E-state index is -0.125. The third kappa shape index (κ3) is 3.42. The van der Waals surface area contributed by atoms with E-state index in [4.69, 9.17) is 4.74 Å². The van der Waals surface area contributed by atoms with Crippen molar-refractivity contribution in [1.82, 2.24) is 20.3 Å². The number of ether oxygens (including phenoxy) is 1. The molecule has 1 unspecified atom stereocenters. The van der Waals surface area contributed by atoms with E-state index in [1.807, 2.05) is 25.1 Å². The Morgan fingerprint density at radius 1 is 1.45 bits per heavy atom. The summed E-state index contributed by atoms with van der Waals surface area (Å²) in [6.07, 6.45) is 4.06. The molecule has 1 aromatic heterocycles. The normalized spacial score (nSPS) is 12.1. The number of hydrogen-bond donors (Lipinski definition) is 1. The summed E-state index contributed by atoms with van der Waals surface area (Å²) in [6, 6.07) is 7.35. The number of nitrogens with zero attached hydrogens (tertiary/aromatic N) is 3. The van der Waals surface area contributed by atoms with Crippen molar-refractivity contribution in [2.24, 2.45) is 0 Å². The van der Waals surface area contributed by atoms with Gasteiger partial charge in [0.25, 0.3) is 5.91 Å². The first-order chi connectivity index (χ1) is 9.72. The molecule has 0 aliphatic rings. The van der Waals surface area contributed by atoms with E-state index in [0.717, 1.165) is 6.42 Å². The number of aromatic nitrogens is 3. The Bertz CT molecular complexity index is 554. The number of benzene rings is 1. The maximum atomic E-state index is 12.3. The predicted molar refractivity (Wildman–Crippen MR) is 74.8 cm³/mol. The molecule has 1 heterocycles. The molecule has 106 valence electrons. The number of hydrogen-bond acceptors (Lipinski definition) is 4. The molecule has 20 heavy (non-hydrogen) atoms. The molecular weight excluding hydrogens is 256 g/mol. The molecule has 0 radical (unpaired) electrons. The molecule has 0 spiro atoms. The topological polar surface area (TPSA) is 69.0 Å². The standard InChI is InChI=1S/C14H18N4O2/c1-11(7-10-20-2)16-14(19)12-5-3-4-6-13(12)18-9-8-15-17-18/h3-6,8-9,11H,7,10H2,1-2H3,(H,16,19). The van der Waals surface area contributed by atoms with E-state index < -0.39 is 0 Å². The van der Waals surface area contributed by atoms with Gasteiger partial charge in [0.15, 0.2) is 0 Å². The van der Waals surface area contributed by atoms with Gasteiger partial charge in [0, 0.05) is 19.8 Å². The molecule has 0 aliphatic heterocycles. The highest BCUT2D eigenvalue weighted by Gasteiger charge is 2.14. The van der Waals surface area contributed by atoms with E-state index in [0.29, 0.717) is 17.9 Å². The fourth-order valence-corrected chi connectivity index (χ4v) is 1.87. The fraction of sp³-hybridized carbons (Fsp3) is 0.357. The van der Waals surface area contributed by atoms with Crippen molar-refractivity contribution in [1.29, 1.82) is 0 Å². The lowest BCUT2D eigenvalue weighted by atomic mass is 10.1. The lowest BCUT2D eigenvalue weighted by Gasteiger charge is -2.15. The first-order valence-electron chi connectivity index (χ1n) is 6.48. The SMILES string of the molecule is COCCC(C)NC(=O)c1ccccc1-n1ccnn1. The summed E-state index contributed by atoms with van der Waals surface area (Å²) in [5.41, 5.74) is 1.28. The lowest BCUT2D eigenvalue weighted by Crippen LogP contribution is -2.34. The average Bonchev–Trinajstić information content (AvgIpc) is 2.99. The summed E-state index contributed by atoms with van der Waals surface area (Å²) in [5.74, 6) is -0.125. The predicted octanol–water partition coefficient (Wildman–Crippen LogP) is 1.42. The largest absolute Gasteiger partial charge is 0.385 e. The molecule has 0 saturated carbocycles. The van der Waals surface area contributed by atoms with Gasteiger partial charge in [0.1, 0.15) is 0 Å². The van der Waals surface area contributed by atoms with Gasteiger partial charge in [0.05, 0.1) is 23.6 Å². The second-order valence-corrected chi connectivity index (χ2v) is 4.52. The van der Waals surface area contributed by atoms with Gasteiger partial charge in [-0.3, -0.25) is 4.79 Å². The minimum Gasteiger partial charge on any atom is -0.385 e. The van der Waals surface area contributed by atoms with Crippen LogP contribution in [0.4, 0.5) is 0 Å². The van der Waals surface area contributed by atoms with Crippen LogP contribution in [0.1, 0.15) is 23.7 Å². The smallest absolute Gasteiger partial charge is 0.253 e. The van der Waals surface area contributed by atoms with Gasteiger partial charge in [-0.2, -0.15) is 0 Å². The Morgan fingerprint density at radius 3 is 2.95 bits per heavy atom. The van der Waals surface area contributed by atoms with Gasteiger partial charge in [-0.05, 0) is 25.5 Å². The highest BCUT2D eigenvalue weighted by atomic mass is 16.5. The van der Waals surface area contributed by atoms with Gasteiger partial charge in [-0.1, -0.05) is 17.3 Å². The van der Waals surface area contributed by atoms with Crippen molar-refractivity contribution in [2.45, 2.75) is 19.4 Å². The third-order valence-electron chi connectivity index (χ3n) is 2.95. The van der Waals surface area contributed by atoms with E-state index >= 15 is 0 Å². The Labute approximate surface area is 117 Å². The van der Waals surface area contributed by atoms with Crippen LogP contribution in [0.25, 0.3) is 5.69 Å². The van der Waals surface area contributed by atoms with Crippen LogP contribution in [0.5, 0.6) is 0 Å². The molecule has 1 amide bonds.